The number of nitrogens with one attached hydrogen (secondary N) is 1. The lowest BCUT2D eigenvalue weighted by Crippen LogP contribution is -2.19. The second kappa shape index (κ2) is 4.40. The fourth-order valence-electron chi connectivity index (χ4n) is 1.10. The molecule has 0 unspecified atom stereocenters. The van der Waals surface area contributed by atoms with E-state index in [1.165, 1.54) is 0 Å². The maximum Gasteiger partial charge on any atom is 0.150 e. The standard InChI is InChI=1S/C10H12N2O/c1-11-10(12-2)9-5-3-8(7-13)4-6-9/h3-7H,1-2H3,(H,11,12). The van der Waals surface area contributed by atoms with Crippen molar-refractivity contribution in [2.75, 3.05) is 14.1 Å². The van der Waals surface area contributed by atoms with Crippen molar-refractivity contribution in [2.45, 2.75) is 0 Å². The van der Waals surface area contributed by atoms with E-state index in [0.717, 1.165) is 17.7 Å². The molecular weight excluding hydrogens is 164 g/mol. The Morgan fingerprint density at radius 3 is 2.38 bits per heavy atom. The molecule has 0 aliphatic heterocycles. The fourth-order valence-corrected chi connectivity index (χ4v) is 1.10. The third-order valence-electron chi connectivity index (χ3n) is 1.78. The largest absolute Gasteiger partial charge is 0.373 e. The first-order chi connectivity index (χ1) is 6.31. The topological polar surface area (TPSA) is 41.5 Å². The van der Waals surface area contributed by atoms with Crippen LogP contribution in [-0.4, -0.2) is 26.2 Å². The van der Waals surface area contributed by atoms with Crippen LogP contribution in [-0.2, 0) is 0 Å². The number of nitrogens with zero attached hydrogens (tertiary/aromatic N) is 1. The Bertz CT molecular complexity index is 314. The summed E-state index contributed by atoms with van der Waals surface area (Å²) in [7, 11) is 3.54. The Hall–Kier alpha value is -1.64. The van der Waals surface area contributed by atoms with E-state index in [0.29, 0.717) is 5.56 Å². The quantitative estimate of drug-likeness (QED) is 0.416. The maximum absolute atomic E-state index is 10.4. The monoisotopic (exact) mass is 176 g/mol. The van der Waals surface area contributed by atoms with Crippen molar-refractivity contribution in [3.05, 3.63) is 35.4 Å². The summed E-state index contributed by atoms with van der Waals surface area (Å²) in [5.74, 6) is 0.817. The van der Waals surface area contributed by atoms with E-state index < -0.39 is 0 Å². The number of hydrogen-bond donors (Lipinski definition) is 1. The Kier molecular flexibility index (Phi) is 3.20. The van der Waals surface area contributed by atoms with Crippen LogP contribution in [0.4, 0.5) is 0 Å². The SMILES string of the molecule is CN=C(NC)c1ccc(C=O)cc1. The normalized spacial score (nSPS) is 11.1. The molecule has 0 saturated carbocycles. The van der Waals surface area contributed by atoms with Crippen molar-refractivity contribution < 1.29 is 4.79 Å². The van der Waals surface area contributed by atoms with Crippen LogP contribution in [0.1, 0.15) is 15.9 Å². The molecule has 0 amide bonds. The third kappa shape index (κ3) is 2.15. The van der Waals surface area contributed by atoms with E-state index in [-0.39, 0.29) is 0 Å². The molecule has 3 heteroatoms. The van der Waals surface area contributed by atoms with Gasteiger partial charge in [0.15, 0.2) is 0 Å². The molecule has 0 fully saturated rings. The van der Waals surface area contributed by atoms with Crippen molar-refractivity contribution in [1.82, 2.24) is 5.32 Å². The summed E-state index contributed by atoms with van der Waals surface area (Å²) >= 11 is 0. The van der Waals surface area contributed by atoms with Gasteiger partial charge in [-0.05, 0) is 0 Å². The number of hydrogen-bond acceptors (Lipinski definition) is 2. The maximum atomic E-state index is 10.4. The lowest BCUT2D eigenvalue weighted by atomic mass is 10.1. The summed E-state index contributed by atoms with van der Waals surface area (Å²) in [5.41, 5.74) is 1.66. The first-order valence-electron chi connectivity index (χ1n) is 4.02. The highest BCUT2D eigenvalue weighted by Gasteiger charge is 1.98. The molecule has 1 rings (SSSR count). The predicted octanol–water partition coefficient (Wildman–Crippen LogP) is 1.09. The van der Waals surface area contributed by atoms with Crippen LogP contribution in [0.15, 0.2) is 29.3 Å². The van der Waals surface area contributed by atoms with E-state index >= 15 is 0 Å². The van der Waals surface area contributed by atoms with Crippen molar-refractivity contribution in [2.24, 2.45) is 4.99 Å². The van der Waals surface area contributed by atoms with Gasteiger partial charge in [0.1, 0.15) is 12.1 Å². The molecule has 68 valence electrons. The number of aliphatic imine (C=N–C) groups is 1. The molecule has 1 N–H and O–H groups in total. The number of benzene rings is 1. The number of aldehydes is 1. The highest BCUT2D eigenvalue weighted by Crippen LogP contribution is 2.02. The number of rotatable bonds is 2. The van der Waals surface area contributed by atoms with E-state index in [9.17, 15) is 4.79 Å². The van der Waals surface area contributed by atoms with Gasteiger partial charge in [0.25, 0.3) is 0 Å². The third-order valence-corrected chi connectivity index (χ3v) is 1.78. The van der Waals surface area contributed by atoms with Crippen molar-refractivity contribution >= 4 is 12.1 Å². The molecule has 0 saturated heterocycles. The summed E-state index contributed by atoms with van der Waals surface area (Å²) < 4.78 is 0. The van der Waals surface area contributed by atoms with Gasteiger partial charge in [0, 0.05) is 25.2 Å². The van der Waals surface area contributed by atoms with E-state index in [4.69, 9.17) is 0 Å². The summed E-state index contributed by atoms with van der Waals surface area (Å²) in [6.07, 6.45) is 0.825. The molecule has 0 aliphatic rings. The minimum Gasteiger partial charge on any atom is -0.373 e. The Balaban J connectivity index is 2.97. The van der Waals surface area contributed by atoms with Crippen LogP contribution in [0.5, 0.6) is 0 Å². The van der Waals surface area contributed by atoms with Gasteiger partial charge in [-0.15, -0.1) is 0 Å². The molecule has 0 atom stereocenters. The molecule has 0 aromatic heterocycles. The number of carbonyl (C=O) groups excluding carboxylic acids is 1. The lowest BCUT2D eigenvalue weighted by Gasteiger charge is -2.03. The van der Waals surface area contributed by atoms with Gasteiger partial charge in [-0.3, -0.25) is 9.79 Å². The average Bonchev–Trinajstić information content (AvgIpc) is 2.21. The minimum atomic E-state index is 0.676. The summed E-state index contributed by atoms with van der Waals surface area (Å²) in [6, 6.07) is 7.26. The number of amidine groups is 1. The fraction of sp³-hybridized carbons (Fsp3) is 0.200. The van der Waals surface area contributed by atoms with E-state index in [2.05, 4.69) is 10.3 Å². The summed E-state index contributed by atoms with van der Waals surface area (Å²) in [4.78, 5) is 14.4. The van der Waals surface area contributed by atoms with Crippen LogP contribution >= 0.6 is 0 Å². The molecule has 0 aliphatic carbocycles. The van der Waals surface area contributed by atoms with Gasteiger partial charge >= 0.3 is 0 Å². The smallest absolute Gasteiger partial charge is 0.150 e. The zero-order valence-electron chi connectivity index (χ0n) is 7.74. The van der Waals surface area contributed by atoms with E-state index in [1.807, 2.05) is 19.2 Å². The van der Waals surface area contributed by atoms with Crippen LogP contribution in [0, 0.1) is 0 Å². The molecule has 3 nitrogen and oxygen atoms in total. The first kappa shape index (κ1) is 9.45. The van der Waals surface area contributed by atoms with Crippen molar-refractivity contribution in [3.8, 4) is 0 Å². The summed E-state index contributed by atoms with van der Waals surface area (Å²) in [5, 5.41) is 2.97. The van der Waals surface area contributed by atoms with Crippen molar-refractivity contribution in [1.29, 1.82) is 0 Å². The van der Waals surface area contributed by atoms with Crippen molar-refractivity contribution in [3.63, 3.8) is 0 Å². The highest BCUT2D eigenvalue weighted by molar-refractivity contribution is 5.98. The van der Waals surface area contributed by atoms with Crippen LogP contribution in [0.25, 0.3) is 0 Å². The molecule has 0 bridgehead atoms. The zero-order valence-corrected chi connectivity index (χ0v) is 7.74. The molecule has 1 aromatic carbocycles. The van der Waals surface area contributed by atoms with Crippen LogP contribution < -0.4 is 5.32 Å². The Morgan fingerprint density at radius 1 is 1.38 bits per heavy atom. The molecule has 0 heterocycles. The molecule has 13 heavy (non-hydrogen) atoms. The molecule has 0 spiro atoms. The van der Waals surface area contributed by atoms with Crippen LogP contribution in [0.2, 0.25) is 0 Å². The lowest BCUT2D eigenvalue weighted by molar-refractivity contribution is 0.112. The molecular formula is C10H12N2O. The summed E-state index contributed by atoms with van der Waals surface area (Å²) in [6.45, 7) is 0. The van der Waals surface area contributed by atoms with Gasteiger partial charge in [-0.25, -0.2) is 0 Å². The zero-order chi connectivity index (χ0) is 9.68. The van der Waals surface area contributed by atoms with Gasteiger partial charge in [0.05, 0.1) is 0 Å². The van der Waals surface area contributed by atoms with Gasteiger partial charge in [-0.1, -0.05) is 24.3 Å². The first-order valence-corrected chi connectivity index (χ1v) is 4.02. The second-order valence-corrected chi connectivity index (χ2v) is 2.56. The number of carbonyl (C=O) groups is 1. The van der Waals surface area contributed by atoms with Crippen LogP contribution in [0.3, 0.4) is 0 Å². The predicted molar refractivity (Wildman–Crippen MR) is 53.4 cm³/mol. The minimum absolute atomic E-state index is 0.676. The molecule has 1 aromatic rings. The molecule has 0 radical (unpaired) electrons. The van der Waals surface area contributed by atoms with E-state index in [1.54, 1.807) is 19.2 Å². The second-order valence-electron chi connectivity index (χ2n) is 2.56. The Labute approximate surface area is 77.5 Å². The Morgan fingerprint density at radius 2 is 2.00 bits per heavy atom. The van der Waals surface area contributed by atoms with Gasteiger partial charge < -0.3 is 5.32 Å². The average molecular weight is 176 g/mol. The highest BCUT2D eigenvalue weighted by atomic mass is 16.1. The van der Waals surface area contributed by atoms with Gasteiger partial charge in [0.2, 0.25) is 0 Å². The van der Waals surface area contributed by atoms with Gasteiger partial charge in [-0.2, -0.15) is 0 Å².